The summed E-state index contributed by atoms with van der Waals surface area (Å²) in [6, 6.07) is 0. The molecule has 0 amide bonds. The average Bonchev–Trinajstić information content (AvgIpc) is 2.08. The van der Waals surface area contributed by atoms with Crippen LogP contribution >= 0.6 is 11.8 Å². The molecular formula is C12H16OS. The number of hydrogen-bond donors (Lipinski definition) is 0. The van der Waals surface area contributed by atoms with Crippen LogP contribution in [0.3, 0.4) is 0 Å². The summed E-state index contributed by atoms with van der Waals surface area (Å²) < 4.78 is 0.463. The highest BCUT2D eigenvalue weighted by molar-refractivity contribution is 8.17. The van der Waals surface area contributed by atoms with Gasteiger partial charge in [-0.2, -0.15) is 0 Å². The molecule has 1 aliphatic heterocycles. The zero-order valence-corrected chi connectivity index (χ0v) is 9.19. The Morgan fingerprint density at radius 1 is 1.00 bits per heavy atom. The van der Waals surface area contributed by atoms with E-state index in [9.17, 15) is 4.79 Å². The molecule has 14 heavy (non-hydrogen) atoms. The van der Waals surface area contributed by atoms with Crippen molar-refractivity contribution in [2.24, 2.45) is 23.7 Å². The van der Waals surface area contributed by atoms with Gasteiger partial charge in [0.25, 0.3) is 0 Å². The Kier molecular flexibility index (Phi) is 1.40. The van der Waals surface area contributed by atoms with Crippen LogP contribution in [0, 0.1) is 23.7 Å². The van der Waals surface area contributed by atoms with Gasteiger partial charge in [0.2, 0.25) is 0 Å². The Balaban J connectivity index is 1.71. The zero-order valence-electron chi connectivity index (χ0n) is 8.37. The van der Waals surface area contributed by atoms with E-state index in [0.717, 1.165) is 30.1 Å². The Labute approximate surface area is 89.0 Å². The first-order valence-electron chi connectivity index (χ1n) is 5.98. The highest BCUT2D eigenvalue weighted by Crippen LogP contribution is 2.67. The molecule has 0 aromatic carbocycles. The molecule has 5 fully saturated rings. The second kappa shape index (κ2) is 2.40. The molecule has 2 heteroatoms. The summed E-state index contributed by atoms with van der Waals surface area (Å²) in [6.45, 7) is 0. The summed E-state index contributed by atoms with van der Waals surface area (Å²) in [4.78, 5) is 11.3. The van der Waals surface area contributed by atoms with Gasteiger partial charge < -0.3 is 0 Å². The van der Waals surface area contributed by atoms with Crippen molar-refractivity contribution < 1.29 is 4.79 Å². The maximum Gasteiger partial charge on any atom is 0.190 e. The fourth-order valence-electron chi connectivity index (χ4n) is 4.87. The van der Waals surface area contributed by atoms with Crippen LogP contribution in [-0.2, 0) is 4.79 Å². The molecule has 0 unspecified atom stereocenters. The standard InChI is InChI=1S/C12H16OS/c13-11-6-12(14-11)9-2-7-1-8(4-9)5-10(12)3-7/h7-10H,1-6H2. The number of rotatable bonds is 0. The van der Waals surface area contributed by atoms with Crippen LogP contribution < -0.4 is 0 Å². The van der Waals surface area contributed by atoms with Crippen molar-refractivity contribution in [3.05, 3.63) is 0 Å². The largest absolute Gasteiger partial charge is 0.287 e. The van der Waals surface area contributed by atoms with Crippen LogP contribution in [0.5, 0.6) is 0 Å². The van der Waals surface area contributed by atoms with Crippen molar-refractivity contribution in [2.45, 2.75) is 43.3 Å². The minimum Gasteiger partial charge on any atom is -0.287 e. The molecular weight excluding hydrogens is 192 g/mol. The van der Waals surface area contributed by atoms with Crippen LogP contribution in [0.25, 0.3) is 0 Å². The van der Waals surface area contributed by atoms with Gasteiger partial charge in [-0.1, -0.05) is 11.8 Å². The third-order valence-corrected chi connectivity index (χ3v) is 6.81. The van der Waals surface area contributed by atoms with E-state index in [1.165, 1.54) is 32.1 Å². The number of thioether (sulfide) groups is 1. The highest BCUT2D eigenvalue weighted by Gasteiger charge is 2.62. The average molecular weight is 208 g/mol. The Morgan fingerprint density at radius 3 is 1.93 bits per heavy atom. The predicted molar refractivity (Wildman–Crippen MR) is 57.0 cm³/mol. The number of carbonyl (C=O) groups is 1. The van der Waals surface area contributed by atoms with Crippen LogP contribution in [0.1, 0.15) is 38.5 Å². The smallest absolute Gasteiger partial charge is 0.190 e. The number of hydrogen-bond acceptors (Lipinski definition) is 2. The molecule has 4 bridgehead atoms. The van der Waals surface area contributed by atoms with Gasteiger partial charge in [-0.25, -0.2) is 0 Å². The summed E-state index contributed by atoms with van der Waals surface area (Å²) in [5.74, 6) is 3.92. The van der Waals surface area contributed by atoms with E-state index >= 15 is 0 Å². The molecule has 1 saturated heterocycles. The van der Waals surface area contributed by atoms with Gasteiger partial charge in [0, 0.05) is 11.2 Å². The van der Waals surface area contributed by atoms with Crippen LogP contribution in [-0.4, -0.2) is 9.86 Å². The van der Waals surface area contributed by atoms with E-state index < -0.39 is 0 Å². The van der Waals surface area contributed by atoms with Crippen LogP contribution in [0.2, 0.25) is 0 Å². The molecule has 1 heterocycles. The van der Waals surface area contributed by atoms with E-state index in [2.05, 4.69) is 0 Å². The quantitative estimate of drug-likeness (QED) is 0.609. The molecule has 4 saturated carbocycles. The maximum atomic E-state index is 11.3. The molecule has 4 aliphatic carbocycles. The third-order valence-electron chi connectivity index (χ3n) is 5.24. The van der Waals surface area contributed by atoms with E-state index in [1.807, 2.05) is 0 Å². The molecule has 0 aromatic rings. The van der Waals surface area contributed by atoms with Gasteiger partial charge in [-0.05, 0) is 55.8 Å². The molecule has 5 aliphatic rings. The Bertz CT molecular complexity index is 271. The van der Waals surface area contributed by atoms with Gasteiger partial charge in [-0.3, -0.25) is 4.79 Å². The monoisotopic (exact) mass is 208 g/mol. The first-order chi connectivity index (χ1) is 6.76. The predicted octanol–water partition coefficient (Wildman–Crippen LogP) is 2.84. The third kappa shape index (κ3) is 0.827. The summed E-state index contributed by atoms with van der Waals surface area (Å²) >= 11 is 1.73. The van der Waals surface area contributed by atoms with Crippen molar-refractivity contribution in [3.63, 3.8) is 0 Å². The van der Waals surface area contributed by atoms with E-state index in [0.29, 0.717) is 9.86 Å². The Morgan fingerprint density at radius 2 is 1.50 bits per heavy atom. The molecule has 0 atom stereocenters. The summed E-state index contributed by atoms with van der Waals surface area (Å²) in [6.07, 6.45) is 8.25. The van der Waals surface area contributed by atoms with Crippen molar-refractivity contribution >= 4 is 16.9 Å². The van der Waals surface area contributed by atoms with Crippen LogP contribution in [0.15, 0.2) is 0 Å². The highest BCUT2D eigenvalue weighted by atomic mass is 32.2. The fourth-order valence-corrected chi connectivity index (χ4v) is 6.28. The van der Waals surface area contributed by atoms with Crippen molar-refractivity contribution in [1.82, 2.24) is 0 Å². The van der Waals surface area contributed by atoms with Gasteiger partial charge in [0.1, 0.15) is 0 Å². The molecule has 76 valence electrons. The molecule has 1 nitrogen and oxygen atoms in total. The molecule has 0 radical (unpaired) electrons. The first-order valence-corrected chi connectivity index (χ1v) is 6.80. The molecule has 5 rings (SSSR count). The van der Waals surface area contributed by atoms with Gasteiger partial charge in [0.15, 0.2) is 5.12 Å². The molecule has 0 aromatic heterocycles. The Hall–Kier alpha value is 0.0200. The van der Waals surface area contributed by atoms with Gasteiger partial charge in [0.05, 0.1) is 0 Å². The lowest BCUT2D eigenvalue weighted by Crippen LogP contribution is -2.60. The van der Waals surface area contributed by atoms with E-state index in [1.54, 1.807) is 11.8 Å². The van der Waals surface area contributed by atoms with Gasteiger partial charge in [-0.15, -0.1) is 0 Å². The second-order valence-corrected chi connectivity index (χ2v) is 7.33. The van der Waals surface area contributed by atoms with E-state index in [4.69, 9.17) is 0 Å². The second-order valence-electron chi connectivity index (χ2n) is 5.91. The molecule has 1 spiro atoms. The van der Waals surface area contributed by atoms with E-state index in [-0.39, 0.29) is 0 Å². The summed E-state index contributed by atoms with van der Waals surface area (Å²) in [5.41, 5.74) is 0. The number of carbonyl (C=O) groups excluding carboxylic acids is 1. The normalized spacial score (nSPS) is 59.3. The summed E-state index contributed by atoms with van der Waals surface area (Å²) in [7, 11) is 0. The van der Waals surface area contributed by atoms with Crippen molar-refractivity contribution in [1.29, 1.82) is 0 Å². The topological polar surface area (TPSA) is 17.1 Å². The first kappa shape index (κ1) is 8.20. The molecule has 0 N–H and O–H groups in total. The van der Waals surface area contributed by atoms with Crippen molar-refractivity contribution in [2.75, 3.05) is 0 Å². The lowest BCUT2D eigenvalue weighted by atomic mass is 9.50. The minimum absolute atomic E-state index is 0.463. The van der Waals surface area contributed by atoms with Crippen LogP contribution in [0.4, 0.5) is 0 Å². The fraction of sp³-hybridized carbons (Fsp3) is 0.917. The SMILES string of the molecule is O=C1CC2(S1)C1CC3CC(C1)CC2C3. The maximum absolute atomic E-state index is 11.3. The van der Waals surface area contributed by atoms with Gasteiger partial charge >= 0.3 is 0 Å². The lowest BCUT2D eigenvalue weighted by molar-refractivity contribution is -0.118. The lowest BCUT2D eigenvalue weighted by Gasteiger charge is -2.63. The summed E-state index contributed by atoms with van der Waals surface area (Å²) in [5, 5.41) is 0.470. The van der Waals surface area contributed by atoms with Crippen molar-refractivity contribution in [3.8, 4) is 0 Å². The zero-order chi connectivity index (χ0) is 9.34. The minimum atomic E-state index is 0.463.